The highest BCUT2D eigenvalue weighted by molar-refractivity contribution is 5.68. The first kappa shape index (κ1) is 16.9. The summed E-state index contributed by atoms with van der Waals surface area (Å²) in [4.78, 5) is 13.8. The van der Waals surface area contributed by atoms with E-state index < -0.39 is 5.60 Å². The number of nitrogens with zero attached hydrogens (tertiary/aromatic N) is 1. The lowest BCUT2D eigenvalue weighted by molar-refractivity contribution is -0.0856. The van der Waals surface area contributed by atoms with Gasteiger partial charge >= 0.3 is 6.09 Å². The Labute approximate surface area is 132 Å². The molecule has 2 rings (SSSR count). The van der Waals surface area contributed by atoms with Gasteiger partial charge in [0.25, 0.3) is 0 Å². The van der Waals surface area contributed by atoms with Crippen LogP contribution in [0.5, 0.6) is 0 Å². The summed E-state index contributed by atoms with van der Waals surface area (Å²) in [6, 6.07) is 3.88. The molecule has 124 valence electrons. The second kappa shape index (κ2) is 6.32. The number of rotatable bonds is 3. The maximum atomic E-state index is 12.1. The fraction of sp³-hybridized carbons (Fsp3) is 0.706. The molecule has 0 atom stereocenters. The van der Waals surface area contributed by atoms with Crippen molar-refractivity contribution in [1.82, 2.24) is 4.90 Å². The molecule has 0 aromatic carbocycles. The molecule has 1 aliphatic rings. The zero-order valence-electron chi connectivity index (χ0n) is 14.3. The number of ether oxygens (including phenoxy) is 2. The first-order chi connectivity index (χ1) is 10.2. The van der Waals surface area contributed by atoms with Crippen LogP contribution in [0.25, 0.3) is 0 Å². The average Bonchev–Trinajstić information content (AvgIpc) is 2.81. The maximum absolute atomic E-state index is 12.1. The van der Waals surface area contributed by atoms with Gasteiger partial charge in [0.1, 0.15) is 23.7 Å². The van der Waals surface area contributed by atoms with Crippen molar-refractivity contribution in [2.75, 3.05) is 13.1 Å². The highest BCUT2D eigenvalue weighted by atomic mass is 16.6. The minimum atomic E-state index is -0.453. The summed E-state index contributed by atoms with van der Waals surface area (Å²) in [5.41, 5.74) is -0.676. The van der Waals surface area contributed by atoms with Gasteiger partial charge in [-0.3, -0.25) is 0 Å². The third kappa shape index (κ3) is 4.77. The van der Waals surface area contributed by atoms with Gasteiger partial charge in [-0.2, -0.15) is 0 Å². The van der Waals surface area contributed by atoms with Crippen molar-refractivity contribution in [1.29, 1.82) is 0 Å². The summed E-state index contributed by atoms with van der Waals surface area (Å²) in [6.45, 7) is 11.4. The zero-order chi connectivity index (χ0) is 16.4. The fourth-order valence-electron chi connectivity index (χ4n) is 2.44. The van der Waals surface area contributed by atoms with E-state index in [4.69, 9.17) is 13.9 Å². The minimum absolute atomic E-state index is 0.223. The molecule has 0 saturated carbocycles. The predicted molar refractivity (Wildman–Crippen MR) is 83.7 cm³/mol. The summed E-state index contributed by atoms with van der Waals surface area (Å²) in [7, 11) is 0. The molecular formula is C17H27NO4. The Bertz CT molecular complexity index is 507. The summed E-state index contributed by atoms with van der Waals surface area (Å²) in [6.07, 6.45) is 1.36. The number of piperidine rings is 1. The monoisotopic (exact) mass is 309 g/mol. The van der Waals surface area contributed by atoms with Crippen molar-refractivity contribution in [3.05, 3.63) is 23.7 Å². The normalized spacial score (nSPS) is 18.3. The molecule has 1 saturated heterocycles. The highest BCUT2D eigenvalue weighted by Crippen LogP contribution is 2.28. The van der Waals surface area contributed by atoms with E-state index in [0.717, 1.165) is 24.4 Å². The van der Waals surface area contributed by atoms with E-state index in [1.165, 1.54) is 0 Å². The van der Waals surface area contributed by atoms with E-state index in [1.807, 2.05) is 39.8 Å². The largest absolute Gasteiger partial charge is 0.464 e. The molecule has 1 aromatic rings. The molecule has 0 aliphatic carbocycles. The van der Waals surface area contributed by atoms with Crippen LogP contribution in [0.4, 0.5) is 4.79 Å². The Kier molecular flexibility index (Phi) is 4.85. The van der Waals surface area contributed by atoms with Gasteiger partial charge < -0.3 is 18.8 Å². The van der Waals surface area contributed by atoms with Gasteiger partial charge in [-0.1, -0.05) is 0 Å². The molecule has 5 nitrogen and oxygen atoms in total. The Morgan fingerprint density at radius 3 is 2.45 bits per heavy atom. The lowest BCUT2D eigenvalue weighted by Gasteiger charge is -2.39. The van der Waals surface area contributed by atoms with Crippen molar-refractivity contribution < 1.29 is 18.7 Å². The summed E-state index contributed by atoms with van der Waals surface area (Å²) in [5, 5.41) is 0. The number of amides is 1. The van der Waals surface area contributed by atoms with Crippen LogP contribution >= 0.6 is 0 Å². The van der Waals surface area contributed by atoms with Gasteiger partial charge in [0, 0.05) is 13.1 Å². The molecule has 1 aliphatic heterocycles. The van der Waals surface area contributed by atoms with Crippen molar-refractivity contribution >= 4 is 6.09 Å². The standard InChI is InChI=1S/C17H27NO4/c1-13-6-7-14(21-13)12-20-17(5)8-10-18(11-9-17)15(19)22-16(2,3)4/h6-7H,8-12H2,1-5H3. The van der Waals surface area contributed by atoms with Gasteiger partial charge in [-0.15, -0.1) is 0 Å². The number of aryl methyl sites for hydroxylation is 1. The van der Waals surface area contributed by atoms with E-state index in [9.17, 15) is 4.79 Å². The molecular weight excluding hydrogens is 282 g/mol. The molecule has 0 unspecified atom stereocenters. The number of furan rings is 1. The van der Waals surface area contributed by atoms with Crippen LogP contribution in [0, 0.1) is 6.92 Å². The Balaban J connectivity index is 1.81. The van der Waals surface area contributed by atoms with Crippen LogP contribution in [-0.4, -0.2) is 35.3 Å². The third-order valence-corrected chi connectivity index (χ3v) is 3.83. The molecule has 0 bridgehead atoms. The minimum Gasteiger partial charge on any atom is -0.464 e. The van der Waals surface area contributed by atoms with E-state index in [0.29, 0.717) is 19.7 Å². The van der Waals surface area contributed by atoms with Crippen LogP contribution < -0.4 is 0 Å². The van der Waals surface area contributed by atoms with E-state index in [1.54, 1.807) is 4.90 Å². The number of hydrogen-bond acceptors (Lipinski definition) is 4. The average molecular weight is 309 g/mol. The van der Waals surface area contributed by atoms with Gasteiger partial charge in [0.2, 0.25) is 0 Å². The first-order valence-electron chi connectivity index (χ1n) is 7.84. The van der Waals surface area contributed by atoms with Crippen LogP contribution in [0.3, 0.4) is 0 Å². The quantitative estimate of drug-likeness (QED) is 0.850. The lowest BCUT2D eigenvalue weighted by atomic mass is 9.93. The van der Waals surface area contributed by atoms with Crippen LogP contribution in [-0.2, 0) is 16.1 Å². The second-order valence-electron chi connectivity index (χ2n) is 7.22. The smallest absolute Gasteiger partial charge is 0.410 e. The molecule has 1 fully saturated rings. The molecule has 5 heteroatoms. The molecule has 0 N–H and O–H groups in total. The number of carbonyl (C=O) groups excluding carboxylic acids is 1. The molecule has 1 amide bonds. The molecule has 0 spiro atoms. The summed E-state index contributed by atoms with van der Waals surface area (Å²) < 4.78 is 17.0. The number of likely N-dealkylation sites (tertiary alicyclic amines) is 1. The first-order valence-corrected chi connectivity index (χ1v) is 7.84. The van der Waals surface area contributed by atoms with E-state index >= 15 is 0 Å². The Hall–Kier alpha value is -1.49. The molecule has 0 radical (unpaired) electrons. The van der Waals surface area contributed by atoms with Crippen LogP contribution in [0.15, 0.2) is 16.5 Å². The number of carbonyl (C=O) groups is 1. The molecule has 2 heterocycles. The second-order valence-corrected chi connectivity index (χ2v) is 7.22. The van der Waals surface area contributed by atoms with Gasteiger partial charge in [-0.25, -0.2) is 4.79 Å². The highest BCUT2D eigenvalue weighted by Gasteiger charge is 2.34. The van der Waals surface area contributed by atoms with Crippen LogP contribution in [0.1, 0.15) is 52.1 Å². The van der Waals surface area contributed by atoms with E-state index in [2.05, 4.69) is 6.92 Å². The zero-order valence-corrected chi connectivity index (χ0v) is 14.3. The molecule has 1 aromatic heterocycles. The van der Waals surface area contributed by atoms with Crippen molar-refractivity contribution in [3.8, 4) is 0 Å². The van der Waals surface area contributed by atoms with E-state index in [-0.39, 0.29) is 11.7 Å². The fourth-order valence-corrected chi connectivity index (χ4v) is 2.44. The van der Waals surface area contributed by atoms with Gasteiger partial charge in [0.15, 0.2) is 0 Å². The van der Waals surface area contributed by atoms with Crippen molar-refractivity contribution in [2.45, 2.75) is 65.3 Å². The Morgan fingerprint density at radius 2 is 1.95 bits per heavy atom. The van der Waals surface area contributed by atoms with Crippen molar-refractivity contribution in [3.63, 3.8) is 0 Å². The SMILES string of the molecule is Cc1ccc(COC2(C)CCN(C(=O)OC(C)(C)C)CC2)o1. The topological polar surface area (TPSA) is 51.9 Å². The third-order valence-electron chi connectivity index (χ3n) is 3.83. The molecule has 22 heavy (non-hydrogen) atoms. The van der Waals surface area contributed by atoms with Gasteiger partial charge in [0.05, 0.1) is 5.60 Å². The van der Waals surface area contributed by atoms with Crippen LogP contribution in [0.2, 0.25) is 0 Å². The van der Waals surface area contributed by atoms with Gasteiger partial charge in [-0.05, 0) is 59.6 Å². The predicted octanol–water partition coefficient (Wildman–Crippen LogP) is 3.89. The number of hydrogen-bond donors (Lipinski definition) is 0. The Morgan fingerprint density at radius 1 is 1.32 bits per heavy atom. The summed E-state index contributed by atoms with van der Waals surface area (Å²) in [5.74, 6) is 1.73. The summed E-state index contributed by atoms with van der Waals surface area (Å²) >= 11 is 0. The van der Waals surface area contributed by atoms with Crippen molar-refractivity contribution in [2.24, 2.45) is 0 Å². The lowest BCUT2D eigenvalue weighted by Crippen LogP contribution is -2.47. The maximum Gasteiger partial charge on any atom is 0.410 e.